The summed E-state index contributed by atoms with van der Waals surface area (Å²) >= 11 is 5.36. The fraction of sp³-hybridized carbons (Fsp3) is 0.312. The van der Waals surface area contributed by atoms with Gasteiger partial charge in [-0.3, -0.25) is 0 Å². The molecule has 21 heavy (non-hydrogen) atoms. The van der Waals surface area contributed by atoms with Crippen LogP contribution in [0.2, 0.25) is 0 Å². The van der Waals surface area contributed by atoms with Gasteiger partial charge in [-0.05, 0) is 49.4 Å². The van der Waals surface area contributed by atoms with Crippen molar-refractivity contribution >= 4 is 44.0 Å². The second-order valence-electron chi connectivity index (χ2n) is 5.60. The number of anilines is 1. The summed E-state index contributed by atoms with van der Waals surface area (Å²) in [6.07, 6.45) is 6.40. The van der Waals surface area contributed by atoms with Gasteiger partial charge in [-0.25, -0.2) is 4.98 Å². The molecule has 1 aliphatic rings. The van der Waals surface area contributed by atoms with Crippen LogP contribution in [-0.2, 0) is 12.8 Å². The second kappa shape index (κ2) is 5.14. The Hall–Kier alpha value is -1.33. The standard InChI is InChI=1S/C16H16BrN3S/c17-10-7-11(18)15-12(8-10)19-16(20-15)14-6-9-4-2-1-3-5-13(9)21-14/h6-8H,1-5,18H2,(H,19,20). The van der Waals surface area contributed by atoms with Gasteiger partial charge in [-0.1, -0.05) is 22.4 Å². The molecule has 0 saturated heterocycles. The molecule has 2 aromatic heterocycles. The third-order valence-electron chi connectivity index (χ3n) is 4.06. The minimum atomic E-state index is 0.708. The van der Waals surface area contributed by atoms with Crippen LogP contribution in [0.15, 0.2) is 22.7 Å². The molecule has 0 unspecified atom stereocenters. The normalized spacial score (nSPS) is 15.1. The zero-order chi connectivity index (χ0) is 14.4. The third-order valence-corrected chi connectivity index (χ3v) is 5.76. The van der Waals surface area contributed by atoms with Gasteiger partial charge in [0.15, 0.2) is 0 Å². The lowest BCUT2D eigenvalue weighted by molar-refractivity contribution is 0.713. The number of aryl methyl sites for hydroxylation is 2. The molecule has 1 aromatic carbocycles. The van der Waals surface area contributed by atoms with Crippen LogP contribution in [0.5, 0.6) is 0 Å². The number of fused-ring (bicyclic) bond motifs is 2. The van der Waals surface area contributed by atoms with Gasteiger partial charge in [-0.2, -0.15) is 0 Å². The molecule has 0 amide bonds. The summed E-state index contributed by atoms with van der Waals surface area (Å²) in [5, 5.41) is 0. The van der Waals surface area contributed by atoms with Gasteiger partial charge in [0.1, 0.15) is 11.3 Å². The summed E-state index contributed by atoms with van der Waals surface area (Å²) in [5.41, 5.74) is 10.1. The Morgan fingerprint density at radius 1 is 1.14 bits per heavy atom. The van der Waals surface area contributed by atoms with E-state index in [-0.39, 0.29) is 0 Å². The highest BCUT2D eigenvalue weighted by atomic mass is 79.9. The van der Waals surface area contributed by atoms with E-state index in [1.54, 1.807) is 0 Å². The number of nitrogens with zero attached hydrogens (tertiary/aromatic N) is 1. The number of rotatable bonds is 1. The number of benzene rings is 1. The molecular weight excluding hydrogens is 346 g/mol. The number of nitrogens with one attached hydrogen (secondary N) is 1. The number of H-pyrrole nitrogens is 1. The average molecular weight is 362 g/mol. The lowest BCUT2D eigenvalue weighted by Crippen LogP contribution is -1.86. The Labute approximate surface area is 135 Å². The van der Waals surface area contributed by atoms with Crippen molar-refractivity contribution in [3.63, 3.8) is 0 Å². The van der Waals surface area contributed by atoms with Crippen LogP contribution < -0.4 is 5.73 Å². The molecule has 0 aliphatic heterocycles. The first-order valence-corrected chi connectivity index (χ1v) is 8.88. The third kappa shape index (κ3) is 2.38. The van der Waals surface area contributed by atoms with Crippen molar-refractivity contribution in [3.8, 4) is 10.7 Å². The van der Waals surface area contributed by atoms with Crippen LogP contribution in [0.4, 0.5) is 5.69 Å². The van der Waals surface area contributed by atoms with Crippen LogP contribution in [-0.4, -0.2) is 9.97 Å². The number of thiophene rings is 1. The van der Waals surface area contributed by atoms with Gasteiger partial charge >= 0.3 is 0 Å². The van der Waals surface area contributed by atoms with Crippen LogP contribution in [0.1, 0.15) is 29.7 Å². The number of imidazole rings is 1. The fourth-order valence-electron chi connectivity index (χ4n) is 3.01. The first kappa shape index (κ1) is 13.3. The predicted molar refractivity (Wildman–Crippen MR) is 92.8 cm³/mol. The first-order valence-electron chi connectivity index (χ1n) is 7.27. The van der Waals surface area contributed by atoms with Crippen molar-refractivity contribution in [3.05, 3.63) is 33.1 Å². The van der Waals surface area contributed by atoms with Crippen molar-refractivity contribution in [2.75, 3.05) is 5.73 Å². The zero-order valence-corrected chi connectivity index (χ0v) is 14.0. The first-order chi connectivity index (χ1) is 10.2. The molecule has 0 bridgehead atoms. The Morgan fingerprint density at radius 3 is 2.90 bits per heavy atom. The molecule has 1 aliphatic carbocycles. The lowest BCUT2D eigenvalue weighted by Gasteiger charge is -1.94. The summed E-state index contributed by atoms with van der Waals surface area (Å²) in [4.78, 5) is 10.9. The minimum absolute atomic E-state index is 0.708. The van der Waals surface area contributed by atoms with Crippen LogP contribution in [0.3, 0.4) is 0 Å². The van der Waals surface area contributed by atoms with Crippen LogP contribution in [0, 0.1) is 0 Å². The van der Waals surface area contributed by atoms with E-state index < -0.39 is 0 Å². The van der Waals surface area contributed by atoms with Gasteiger partial charge < -0.3 is 10.7 Å². The van der Waals surface area contributed by atoms with E-state index in [9.17, 15) is 0 Å². The predicted octanol–water partition coefficient (Wildman–Crippen LogP) is 4.91. The van der Waals surface area contributed by atoms with E-state index in [0.29, 0.717) is 5.69 Å². The maximum absolute atomic E-state index is 6.06. The van der Waals surface area contributed by atoms with Crippen molar-refractivity contribution in [2.45, 2.75) is 32.1 Å². The Morgan fingerprint density at radius 2 is 2.00 bits per heavy atom. The van der Waals surface area contributed by atoms with Crippen LogP contribution >= 0.6 is 27.3 Å². The van der Waals surface area contributed by atoms with Gasteiger partial charge in [0.25, 0.3) is 0 Å². The molecule has 0 atom stereocenters. The van der Waals surface area contributed by atoms with E-state index >= 15 is 0 Å². The maximum atomic E-state index is 6.06. The van der Waals surface area contributed by atoms with E-state index in [0.717, 1.165) is 21.3 Å². The molecule has 3 aromatic rings. The van der Waals surface area contributed by atoms with E-state index in [4.69, 9.17) is 10.7 Å². The molecule has 3 N–H and O–H groups in total. The van der Waals surface area contributed by atoms with Gasteiger partial charge in [0.05, 0.1) is 16.1 Å². The van der Waals surface area contributed by atoms with Gasteiger partial charge in [-0.15, -0.1) is 11.3 Å². The Kier molecular flexibility index (Phi) is 3.27. The number of nitrogens with two attached hydrogens (primary N) is 1. The Balaban J connectivity index is 1.81. The van der Waals surface area contributed by atoms with Crippen molar-refractivity contribution in [1.82, 2.24) is 9.97 Å². The quantitative estimate of drug-likeness (QED) is 0.478. The van der Waals surface area contributed by atoms with Crippen LogP contribution in [0.25, 0.3) is 21.7 Å². The highest BCUT2D eigenvalue weighted by Gasteiger charge is 2.16. The number of hydrogen-bond acceptors (Lipinski definition) is 3. The van der Waals surface area contributed by atoms with Gasteiger partial charge in [0, 0.05) is 9.35 Å². The molecule has 2 heterocycles. The molecular formula is C16H16BrN3S. The molecule has 0 spiro atoms. The number of hydrogen-bond donors (Lipinski definition) is 2. The lowest BCUT2D eigenvalue weighted by atomic mass is 10.1. The number of nitrogen functional groups attached to an aromatic ring is 1. The summed E-state index contributed by atoms with van der Waals surface area (Å²) < 4.78 is 0.977. The summed E-state index contributed by atoms with van der Waals surface area (Å²) in [6, 6.07) is 6.24. The largest absolute Gasteiger partial charge is 0.397 e. The monoisotopic (exact) mass is 361 g/mol. The molecule has 108 valence electrons. The number of aromatic amines is 1. The van der Waals surface area contributed by atoms with E-state index in [2.05, 4.69) is 27.0 Å². The number of halogens is 1. The highest BCUT2D eigenvalue weighted by molar-refractivity contribution is 9.10. The fourth-order valence-corrected chi connectivity index (χ4v) is 4.68. The summed E-state index contributed by atoms with van der Waals surface area (Å²) in [7, 11) is 0. The summed E-state index contributed by atoms with van der Waals surface area (Å²) in [5.74, 6) is 0.938. The van der Waals surface area contributed by atoms with Gasteiger partial charge in [0.2, 0.25) is 0 Å². The minimum Gasteiger partial charge on any atom is -0.397 e. The molecule has 5 heteroatoms. The van der Waals surface area contributed by atoms with E-state index in [1.807, 2.05) is 23.5 Å². The molecule has 3 nitrogen and oxygen atoms in total. The zero-order valence-electron chi connectivity index (χ0n) is 11.6. The second-order valence-corrected chi connectivity index (χ2v) is 7.65. The maximum Gasteiger partial charge on any atom is 0.148 e. The molecule has 4 rings (SSSR count). The smallest absolute Gasteiger partial charge is 0.148 e. The Bertz CT molecular complexity index is 795. The highest BCUT2D eigenvalue weighted by Crippen LogP contribution is 2.35. The van der Waals surface area contributed by atoms with Crippen molar-refractivity contribution < 1.29 is 0 Å². The molecule has 0 radical (unpaired) electrons. The molecule has 0 fully saturated rings. The number of aromatic nitrogens is 2. The average Bonchev–Trinajstić information content (AvgIpc) is 2.98. The topological polar surface area (TPSA) is 54.7 Å². The molecule has 0 saturated carbocycles. The summed E-state index contributed by atoms with van der Waals surface area (Å²) in [6.45, 7) is 0. The van der Waals surface area contributed by atoms with Crippen molar-refractivity contribution in [2.24, 2.45) is 0 Å². The van der Waals surface area contributed by atoms with Crippen molar-refractivity contribution in [1.29, 1.82) is 0 Å². The van der Waals surface area contributed by atoms with E-state index in [1.165, 1.54) is 47.4 Å². The SMILES string of the molecule is Nc1cc(Br)cc2[nH]c(-c3cc4c(s3)CCCCC4)nc12.